The van der Waals surface area contributed by atoms with Gasteiger partial charge in [0.25, 0.3) is 0 Å². The summed E-state index contributed by atoms with van der Waals surface area (Å²) in [7, 11) is 0. The van der Waals surface area contributed by atoms with Gasteiger partial charge in [-0.15, -0.1) is 0 Å². The maximum atomic E-state index is 12.6. The molecule has 0 unspecified atom stereocenters. The molecule has 0 N–H and O–H groups in total. The second kappa shape index (κ2) is 7.11. The molecule has 2 fully saturated rings. The topological polar surface area (TPSA) is 23.6 Å². The first-order valence-electron chi connectivity index (χ1n) is 9.91. The maximum Gasteiger partial charge on any atom is 0.222 e. The van der Waals surface area contributed by atoms with Gasteiger partial charge >= 0.3 is 0 Å². The van der Waals surface area contributed by atoms with Crippen molar-refractivity contribution < 1.29 is 4.79 Å². The van der Waals surface area contributed by atoms with E-state index in [1.165, 1.54) is 12.0 Å². The molecular weight excluding hydrogens is 308 g/mol. The highest BCUT2D eigenvalue weighted by Gasteiger charge is 2.47. The fourth-order valence-electron chi connectivity index (χ4n) is 5.07. The molecule has 1 amide bonds. The van der Waals surface area contributed by atoms with Gasteiger partial charge in [-0.3, -0.25) is 9.69 Å². The lowest BCUT2D eigenvalue weighted by atomic mass is 9.76. The Labute approximate surface area is 153 Å². The molecule has 2 aliphatic heterocycles. The predicted molar refractivity (Wildman–Crippen MR) is 103 cm³/mol. The molecule has 1 aromatic rings. The van der Waals surface area contributed by atoms with Gasteiger partial charge in [0.15, 0.2) is 0 Å². The highest BCUT2D eigenvalue weighted by molar-refractivity contribution is 5.76. The second-order valence-corrected chi connectivity index (χ2v) is 9.16. The minimum absolute atomic E-state index is 0.0782. The van der Waals surface area contributed by atoms with Gasteiger partial charge in [0.2, 0.25) is 5.91 Å². The van der Waals surface area contributed by atoms with Crippen molar-refractivity contribution in [2.45, 2.75) is 89.9 Å². The molecule has 138 valence electrons. The van der Waals surface area contributed by atoms with E-state index in [-0.39, 0.29) is 11.1 Å². The fourth-order valence-corrected chi connectivity index (χ4v) is 5.07. The first-order chi connectivity index (χ1) is 11.8. The zero-order chi connectivity index (χ0) is 18.1. The van der Waals surface area contributed by atoms with E-state index in [9.17, 15) is 4.79 Å². The number of likely N-dealkylation sites (tertiary alicyclic amines) is 2. The number of rotatable bonds is 3. The standard InChI is InChI=1S/C22H34N2O/c1-21(2)15-19(23-14-10-6-9-13-20(23)25)16-22(3,4)24(21)17-18-11-7-5-8-12-18/h5,7-8,11-12,19H,6,9-10,13-17H2,1-4H3. The van der Waals surface area contributed by atoms with Gasteiger partial charge < -0.3 is 4.90 Å². The molecule has 0 bridgehead atoms. The third-order valence-corrected chi connectivity index (χ3v) is 6.17. The molecule has 3 rings (SSSR count). The number of amides is 1. The Hall–Kier alpha value is -1.35. The maximum absolute atomic E-state index is 12.6. The molecule has 1 aromatic carbocycles. The molecule has 2 saturated heterocycles. The normalized spacial score (nSPS) is 25.0. The summed E-state index contributed by atoms with van der Waals surface area (Å²) in [5, 5.41) is 0. The van der Waals surface area contributed by atoms with Crippen LogP contribution in [0.5, 0.6) is 0 Å². The Balaban J connectivity index is 1.80. The summed E-state index contributed by atoms with van der Waals surface area (Å²) in [5.41, 5.74) is 1.52. The summed E-state index contributed by atoms with van der Waals surface area (Å²) < 4.78 is 0. The summed E-state index contributed by atoms with van der Waals surface area (Å²) in [6, 6.07) is 11.1. The van der Waals surface area contributed by atoms with E-state index in [1.807, 2.05) is 0 Å². The molecular formula is C22H34N2O. The van der Waals surface area contributed by atoms with Crippen LogP contribution in [-0.2, 0) is 11.3 Å². The van der Waals surface area contributed by atoms with E-state index < -0.39 is 0 Å². The van der Waals surface area contributed by atoms with Crippen LogP contribution < -0.4 is 0 Å². The van der Waals surface area contributed by atoms with Crippen molar-refractivity contribution in [1.29, 1.82) is 0 Å². The van der Waals surface area contributed by atoms with Crippen molar-refractivity contribution in [3.63, 3.8) is 0 Å². The van der Waals surface area contributed by atoms with Crippen molar-refractivity contribution >= 4 is 5.91 Å². The highest BCUT2D eigenvalue weighted by Crippen LogP contribution is 2.41. The lowest BCUT2D eigenvalue weighted by Crippen LogP contribution is -2.64. The molecule has 0 saturated carbocycles. The lowest BCUT2D eigenvalue weighted by Gasteiger charge is -2.57. The van der Waals surface area contributed by atoms with Crippen LogP contribution in [0.25, 0.3) is 0 Å². The van der Waals surface area contributed by atoms with Crippen molar-refractivity contribution in [2.24, 2.45) is 0 Å². The van der Waals surface area contributed by atoms with Gasteiger partial charge in [0.1, 0.15) is 0 Å². The van der Waals surface area contributed by atoms with Crippen LogP contribution in [0.4, 0.5) is 0 Å². The summed E-state index contributed by atoms with van der Waals surface area (Å²) in [6.45, 7) is 11.3. The molecule has 0 atom stereocenters. The summed E-state index contributed by atoms with van der Waals surface area (Å²) in [5.74, 6) is 0.380. The minimum atomic E-state index is 0.0782. The molecule has 0 radical (unpaired) electrons. The Morgan fingerprint density at radius 2 is 1.60 bits per heavy atom. The Bertz CT molecular complexity index is 575. The SMILES string of the molecule is CC1(C)CC(N2CCCCCC2=O)CC(C)(C)N1Cc1ccccc1. The predicted octanol–water partition coefficient (Wildman–Crippen LogP) is 4.61. The monoisotopic (exact) mass is 342 g/mol. The van der Waals surface area contributed by atoms with Gasteiger partial charge in [-0.05, 0) is 58.9 Å². The van der Waals surface area contributed by atoms with Crippen molar-refractivity contribution in [1.82, 2.24) is 9.80 Å². The molecule has 0 spiro atoms. The number of hydrogen-bond donors (Lipinski definition) is 0. The van der Waals surface area contributed by atoms with E-state index in [0.717, 1.165) is 45.2 Å². The van der Waals surface area contributed by atoms with Gasteiger partial charge in [0.05, 0.1) is 0 Å². The largest absolute Gasteiger partial charge is 0.340 e. The van der Waals surface area contributed by atoms with Crippen LogP contribution in [0.15, 0.2) is 30.3 Å². The van der Waals surface area contributed by atoms with Crippen LogP contribution in [0, 0.1) is 0 Å². The van der Waals surface area contributed by atoms with Crippen LogP contribution in [0.3, 0.4) is 0 Å². The smallest absolute Gasteiger partial charge is 0.222 e. The number of carbonyl (C=O) groups excluding carboxylic acids is 1. The molecule has 3 heteroatoms. The summed E-state index contributed by atoms with van der Waals surface area (Å²) >= 11 is 0. The first kappa shape index (κ1) is 18.4. The second-order valence-electron chi connectivity index (χ2n) is 9.16. The molecule has 0 aliphatic carbocycles. The van der Waals surface area contributed by atoms with Crippen molar-refractivity contribution in [3.05, 3.63) is 35.9 Å². The van der Waals surface area contributed by atoms with Crippen LogP contribution in [0.2, 0.25) is 0 Å². The van der Waals surface area contributed by atoms with Gasteiger partial charge in [-0.25, -0.2) is 0 Å². The van der Waals surface area contributed by atoms with E-state index in [2.05, 4.69) is 67.8 Å². The van der Waals surface area contributed by atoms with E-state index in [4.69, 9.17) is 0 Å². The van der Waals surface area contributed by atoms with Crippen LogP contribution in [-0.4, -0.2) is 39.4 Å². The third-order valence-electron chi connectivity index (χ3n) is 6.17. The lowest BCUT2D eigenvalue weighted by molar-refractivity contribution is -0.138. The third kappa shape index (κ3) is 4.08. The zero-order valence-corrected chi connectivity index (χ0v) is 16.4. The Kier molecular flexibility index (Phi) is 5.24. The molecule has 2 aliphatic rings. The number of carbonyl (C=O) groups is 1. The highest BCUT2D eigenvalue weighted by atomic mass is 16.2. The van der Waals surface area contributed by atoms with Crippen LogP contribution >= 0.6 is 0 Å². The van der Waals surface area contributed by atoms with Gasteiger partial charge in [0, 0.05) is 36.6 Å². The zero-order valence-electron chi connectivity index (χ0n) is 16.4. The van der Waals surface area contributed by atoms with E-state index >= 15 is 0 Å². The quantitative estimate of drug-likeness (QED) is 0.801. The molecule has 2 heterocycles. The summed E-state index contributed by atoms with van der Waals surface area (Å²) in [4.78, 5) is 17.5. The number of benzene rings is 1. The molecule has 0 aromatic heterocycles. The van der Waals surface area contributed by atoms with E-state index in [0.29, 0.717) is 11.9 Å². The van der Waals surface area contributed by atoms with Gasteiger partial charge in [-0.1, -0.05) is 36.8 Å². The average Bonchev–Trinajstić information content (AvgIpc) is 2.76. The van der Waals surface area contributed by atoms with Gasteiger partial charge in [-0.2, -0.15) is 0 Å². The number of hydrogen-bond acceptors (Lipinski definition) is 2. The van der Waals surface area contributed by atoms with Crippen LogP contribution in [0.1, 0.15) is 71.8 Å². The number of piperidine rings is 1. The first-order valence-corrected chi connectivity index (χ1v) is 9.91. The molecule has 25 heavy (non-hydrogen) atoms. The Morgan fingerprint density at radius 3 is 2.24 bits per heavy atom. The minimum Gasteiger partial charge on any atom is -0.340 e. The Morgan fingerprint density at radius 1 is 0.960 bits per heavy atom. The number of nitrogens with zero attached hydrogens (tertiary/aromatic N) is 2. The fraction of sp³-hybridized carbons (Fsp3) is 0.682. The van der Waals surface area contributed by atoms with Crippen molar-refractivity contribution in [2.75, 3.05) is 6.54 Å². The molecule has 3 nitrogen and oxygen atoms in total. The van der Waals surface area contributed by atoms with Crippen molar-refractivity contribution in [3.8, 4) is 0 Å². The average molecular weight is 343 g/mol. The summed E-state index contributed by atoms with van der Waals surface area (Å²) in [6.07, 6.45) is 6.29. The van der Waals surface area contributed by atoms with E-state index in [1.54, 1.807) is 0 Å².